The van der Waals surface area contributed by atoms with Gasteiger partial charge in [-0.15, -0.1) is 0 Å². The van der Waals surface area contributed by atoms with E-state index in [1.165, 1.54) is 25.4 Å². The second-order valence-corrected chi connectivity index (χ2v) is 3.75. The smallest absolute Gasteiger partial charge is 0.326 e. The van der Waals surface area contributed by atoms with Crippen LogP contribution in [0.25, 0.3) is 0 Å². The van der Waals surface area contributed by atoms with Crippen LogP contribution < -0.4 is 21.1 Å². The summed E-state index contributed by atoms with van der Waals surface area (Å²) in [5.41, 5.74) is 5.23. The first-order valence-electron chi connectivity index (χ1n) is 5.51. The number of amides is 3. The number of hydrogen-bond donors (Lipinski definition) is 4. The molecule has 0 bridgehead atoms. The quantitative estimate of drug-likeness (QED) is 0.555. The zero-order chi connectivity index (χ0) is 15.1. The number of urea groups is 1. The molecule has 1 heterocycles. The fraction of sp³-hybridized carbons (Fsp3) is 0.273. The number of carboxylic acids is 1. The summed E-state index contributed by atoms with van der Waals surface area (Å²) in [7, 11) is 1.45. The van der Waals surface area contributed by atoms with Gasteiger partial charge in [0.2, 0.25) is 11.8 Å². The van der Waals surface area contributed by atoms with Crippen LogP contribution in [0, 0.1) is 0 Å². The van der Waals surface area contributed by atoms with Crippen molar-refractivity contribution in [2.75, 3.05) is 12.4 Å². The number of pyridine rings is 1. The number of nitrogens with two attached hydrogens (primary N) is 1. The number of aromatic nitrogens is 1. The molecule has 0 spiro atoms. The first kappa shape index (κ1) is 15.2. The minimum absolute atomic E-state index is 0.339. The van der Waals surface area contributed by atoms with Crippen LogP contribution in [0.4, 0.5) is 10.5 Å². The predicted molar refractivity (Wildman–Crippen MR) is 68.2 cm³/mol. The van der Waals surface area contributed by atoms with Crippen molar-refractivity contribution < 1.29 is 24.2 Å². The van der Waals surface area contributed by atoms with Crippen LogP contribution in [0.15, 0.2) is 18.3 Å². The Morgan fingerprint density at radius 3 is 2.60 bits per heavy atom. The first-order chi connectivity index (χ1) is 9.42. The Morgan fingerprint density at radius 1 is 1.45 bits per heavy atom. The monoisotopic (exact) mass is 282 g/mol. The highest BCUT2D eigenvalue weighted by Gasteiger charge is 2.22. The molecule has 0 radical (unpaired) electrons. The number of anilines is 1. The third kappa shape index (κ3) is 4.80. The summed E-state index contributed by atoms with van der Waals surface area (Å²) in [6.45, 7) is 0. The van der Waals surface area contributed by atoms with Gasteiger partial charge in [-0.2, -0.15) is 0 Å². The Labute approximate surface area is 114 Å². The summed E-state index contributed by atoms with van der Waals surface area (Å²) in [6.07, 6.45) is 0.839. The molecule has 20 heavy (non-hydrogen) atoms. The number of carbonyl (C=O) groups is 3. The van der Waals surface area contributed by atoms with Crippen LogP contribution in [0.3, 0.4) is 0 Å². The number of aliphatic carboxylic acids is 1. The molecule has 1 atom stereocenters. The fourth-order valence-electron chi connectivity index (χ4n) is 1.30. The van der Waals surface area contributed by atoms with Crippen LogP contribution in [0.5, 0.6) is 5.88 Å². The van der Waals surface area contributed by atoms with Crippen molar-refractivity contribution in [2.24, 2.45) is 5.73 Å². The Morgan fingerprint density at radius 2 is 2.15 bits per heavy atom. The summed E-state index contributed by atoms with van der Waals surface area (Å²) >= 11 is 0. The van der Waals surface area contributed by atoms with Crippen molar-refractivity contribution in [1.82, 2.24) is 10.3 Å². The number of nitrogens with zero attached hydrogens (tertiary/aromatic N) is 1. The molecule has 1 aromatic heterocycles. The van der Waals surface area contributed by atoms with E-state index in [-0.39, 0.29) is 0 Å². The zero-order valence-corrected chi connectivity index (χ0v) is 10.6. The van der Waals surface area contributed by atoms with Crippen molar-refractivity contribution in [1.29, 1.82) is 0 Å². The molecule has 0 aliphatic rings. The normalized spacial score (nSPS) is 11.2. The van der Waals surface area contributed by atoms with Crippen LogP contribution in [-0.2, 0) is 9.59 Å². The molecule has 5 N–H and O–H groups in total. The van der Waals surface area contributed by atoms with E-state index in [0.717, 1.165) is 0 Å². The number of carbonyl (C=O) groups excluding carboxylic acids is 2. The van der Waals surface area contributed by atoms with E-state index >= 15 is 0 Å². The van der Waals surface area contributed by atoms with Gasteiger partial charge in [-0.1, -0.05) is 0 Å². The van der Waals surface area contributed by atoms with Gasteiger partial charge in [0.15, 0.2) is 0 Å². The Bertz CT molecular complexity index is 502. The zero-order valence-electron chi connectivity index (χ0n) is 10.6. The van der Waals surface area contributed by atoms with Gasteiger partial charge in [-0.25, -0.2) is 14.6 Å². The first-order valence-corrected chi connectivity index (χ1v) is 5.51. The molecule has 0 aliphatic heterocycles. The Kier molecular flexibility index (Phi) is 5.27. The molecule has 108 valence electrons. The molecule has 9 nitrogen and oxygen atoms in total. The molecule has 0 aromatic carbocycles. The fourth-order valence-corrected chi connectivity index (χ4v) is 1.30. The lowest BCUT2D eigenvalue weighted by Gasteiger charge is -2.13. The summed E-state index contributed by atoms with van der Waals surface area (Å²) in [4.78, 5) is 36.9. The van der Waals surface area contributed by atoms with Crippen molar-refractivity contribution in [3.8, 4) is 5.88 Å². The van der Waals surface area contributed by atoms with E-state index in [1.807, 2.05) is 0 Å². The molecule has 0 fully saturated rings. The molecule has 0 unspecified atom stereocenters. The predicted octanol–water partition coefficient (Wildman–Crippen LogP) is -0.460. The van der Waals surface area contributed by atoms with E-state index in [2.05, 4.69) is 15.6 Å². The van der Waals surface area contributed by atoms with Crippen LogP contribution in [-0.4, -0.2) is 41.1 Å². The van der Waals surface area contributed by atoms with E-state index in [4.69, 9.17) is 15.6 Å². The average molecular weight is 282 g/mol. The van der Waals surface area contributed by atoms with Crippen molar-refractivity contribution in [3.63, 3.8) is 0 Å². The largest absolute Gasteiger partial charge is 0.481 e. The van der Waals surface area contributed by atoms with Crippen LogP contribution >= 0.6 is 0 Å². The van der Waals surface area contributed by atoms with Gasteiger partial charge in [-0.05, 0) is 6.07 Å². The third-order valence-electron chi connectivity index (χ3n) is 2.21. The van der Waals surface area contributed by atoms with E-state index in [0.29, 0.717) is 11.6 Å². The number of carboxylic acid groups (broad SMARTS) is 1. The lowest BCUT2D eigenvalue weighted by molar-refractivity contribution is -0.140. The molecular formula is C11H14N4O5. The second-order valence-electron chi connectivity index (χ2n) is 3.75. The summed E-state index contributed by atoms with van der Waals surface area (Å²) in [6, 6.07) is 0.868. The van der Waals surface area contributed by atoms with Gasteiger partial charge in [0.25, 0.3) is 0 Å². The van der Waals surface area contributed by atoms with E-state index in [9.17, 15) is 14.4 Å². The maximum Gasteiger partial charge on any atom is 0.326 e. The van der Waals surface area contributed by atoms with E-state index < -0.39 is 30.4 Å². The molecule has 1 aromatic rings. The molecule has 0 aliphatic carbocycles. The summed E-state index contributed by atoms with van der Waals surface area (Å²) in [5, 5.41) is 13.3. The highest BCUT2D eigenvalue weighted by atomic mass is 16.5. The van der Waals surface area contributed by atoms with Gasteiger partial charge < -0.3 is 26.2 Å². The number of methoxy groups -OCH3 is 1. The van der Waals surface area contributed by atoms with Crippen molar-refractivity contribution in [2.45, 2.75) is 12.5 Å². The van der Waals surface area contributed by atoms with Crippen molar-refractivity contribution in [3.05, 3.63) is 18.3 Å². The minimum atomic E-state index is -1.39. The summed E-state index contributed by atoms with van der Waals surface area (Å²) in [5.74, 6) is -1.82. The molecule has 3 amide bonds. The molecule has 9 heteroatoms. The van der Waals surface area contributed by atoms with Crippen molar-refractivity contribution >= 4 is 23.6 Å². The number of ether oxygens (including phenoxy) is 1. The second kappa shape index (κ2) is 6.92. The van der Waals surface area contributed by atoms with Gasteiger partial charge in [0.1, 0.15) is 6.04 Å². The number of rotatable bonds is 6. The Hall–Kier alpha value is -2.84. The lowest BCUT2D eigenvalue weighted by Crippen LogP contribution is -2.45. The topological polar surface area (TPSA) is 144 Å². The molecule has 0 saturated carbocycles. The highest BCUT2D eigenvalue weighted by molar-refractivity contribution is 5.93. The number of primary amides is 1. The van der Waals surface area contributed by atoms with E-state index in [1.54, 1.807) is 0 Å². The molecule has 1 rings (SSSR count). The SMILES string of the molecule is COc1ccc(NC(=O)N[C@@H](CC(N)=O)C(=O)O)cn1. The van der Waals surface area contributed by atoms with Crippen LogP contribution in [0.2, 0.25) is 0 Å². The average Bonchev–Trinajstić information content (AvgIpc) is 2.38. The van der Waals surface area contributed by atoms with Gasteiger partial charge in [0, 0.05) is 6.07 Å². The minimum Gasteiger partial charge on any atom is -0.481 e. The standard InChI is InChI=1S/C11H14N4O5/c1-20-9-3-2-6(5-13-9)14-11(19)15-7(10(17)18)4-8(12)16/h2-3,5,7H,4H2,1H3,(H2,12,16)(H,17,18)(H2,14,15,19)/t7-/m0/s1. The lowest BCUT2D eigenvalue weighted by atomic mass is 10.2. The highest BCUT2D eigenvalue weighted by Crippen LogP contribution is 2.10. The summed E-state index contributed by atoms with van der Waals surface area (Å²) < 4.78 is 4.85. The molecular weight excluding hydrogens is 268 g/mol. The number of hydrogen-bond acceptors (Lipinski definition) is 5. The maximum absolute atomic E-state index is 11.6. The third-order valence-corrected chi connectivity index (χ3v) is 2.21. The van der Waals surface area contributed by atoms with Gasteiger partial charge in [0.05, 0.1) is 25.4 Å². The van der Waals surface area contributed by atoms with Gasteiger partial charge >= 0.3 is 12.0 Å². The molecule has 0 saturated heterocycles. The van der Waals surface area contributed by atoms with Gasteiger partial charge in [-0.3, -0.25) is 4.79 Å². The van der Waals surface area contributed by atoms with Crippen LogP contribution in [0.1, 0.15) is 6.42 Å². The maximum atomic E-state index is 11.6. The Balaban J connectivity index is 2.60. The number of nitrogens with one attached hydrogen (secondary N) is 2.